The summed E-state index contributed by atoms with van der Waals surface area (Å²) in [6.45, 7) is 1.88. The van der Waals surface area contributed by atoms with E-state index in [1.54, 1.807) is 12.1 Å². The second-order valence-electron chi connectivity index (χ2n) is 4.74. The van der Waals surface area contributed by atoms with Crippen LogP contribution in [-0.4, -0.2) is 20.9 Å². The van der Waals surface area contributed by atoms with E-state index in [-0.39, 0.29) is 0 Å². The summed E-state index contributed by atoms with van der Waals surface area (Å²) in [5.41, 5.74) is 0.316. The van der Waals surface area contributed by atoms with E-state index in [1.165, 1.54) is 6.42 Å². The molecule has 1 nitrogen and oxygen atoms in total. The van der Waals surface area contributed by atoms with Crippen LogP contribution in [-0.2, 0) is 6.18 Å². The van der Waals surface area contributed by atoms with E-state index in [0.29, 0.717) is 5.82 Å². The van der Waals surface area contributed by atoms with Crippen molar-refractivity contribution in [1.82, 2.24) is 0 Å². The molecule has 0 N–H and O–H groups in total. The van der Waals surface area contributed by atoms with Crippen LogP contribution in [0.15, 0.2) is 24.3 Å². The average molecular weight is 241 g/mol. The Morgan fingerprint density at radius 3 is 2.35 bits per heavy atom. The van der Waals surface area contributed by atoms with Gasteiger partial charge in [-0.15, -0.1) is 0 Å². The minimum absolute atomic E-state index is 0.577. The van der Waals surface area contributed by atoms with Crippen molar-refractivity contribution in [3.8, 4) is 0 Å². The highest BCUT2D eigenvalue weighted by atomic mass is 19.4. The van der Waals surface area contributed by atoms with Crippen LogP contribution in [0.4, 0.5) is 18.9 Å². The summed E-state index contributed by atoms with van der Waals surface area (Å²) in [6.07, 6.45) is -1.92. The van der Waals surface area contributed by atoms with E-state index < -0.39 is 11.7 Å². The molecule has 1 aliphatic rings. The molecular formula is C12H15BF3N. The molecule has 1 aromatic rings. The Kier molecular flexibility index (Phi) is 3.36. The van der Waals surface area contributed by atoms with Gasteiger partial charge in [-0.25, -0.2) is 0 Å². The third-order valence-corrected chi connectivity index (χ3v) is 3.22. The fraction of sp³-hybridized carbons (Fsp3) is 0.500. The number of benzene rings is 1. The van der Waals surface area contributed by atoms with Crippen molar-refractivity contribution in [2.45, 2.75) is 24.8 Å². The van der Waals surface area contributed by atoms with Crippen LogP contribution in [0.25, 0.3) is 0 Å². The topological polar surface area (TPSA) is 3.24 Å². The first-order chi connectivity index (χ1) is 7.97. The molecule has 0 aliphatic carbocycles. The molecule has 92 valence electrons. The SMILES string of the molecule is BC1CCCN(c2ccc(C(F)(F)F)cc2)C1. The lowest BCUT2D eigenvalue weighted by atomic mass is 9.80. The van der Waals surface area contributed by atoms with Crippen molar-refractivity contribution in [3.05, 3.63) is 29.8 Å². The van der Waals surface area contributed by atoms with Gasteiger partial charge in [-0.2, -0.15) is 13.2 Å². The molecule has 1 aromatic carbocycles. The molecule has 0 amide bonds. The molecule has 0 spiro atoms. The van der Waals surface area contributed by atoms with Crippen LogP contribution in [0.5, 0.6) is 0 Å². The maximum Gasteiger partial charge on any atom is 0.416 e. The molecule has 0 aromatic heterocycles. The van der Waals surface area contributed by atoms with E-state index in [2.05, 4.69) is 12.7 Å². The second kappa shape index (κ2) is 4.63. The number of halogens is 3. The molecule has 0 saturated carbocycles. The fourth-order valence-electron chi connectivity index (χ4n) is 2.29. The first-order valence-electron chi connectivity index (χ1n) is 5.89. The minimum atomic E-state index is -4.24. The summed E-state index contributed by atoms with van der Waals surface area (Å²) in [5.74, 6) is 0.617. The highest BCUT2D eigenvalue weighted by Gasteiger charge is 2.30. The quantitative estimate of drug-likeness (QED) is 0.683. The van der Waals surface area contributed by atoms with Gasteiger partial charge in [0.05, 0.1) is 5.56 Å². The van der Waals surface area contributed by atoms with Crippen LogP contribution < -0.4 is 4.90 Å². The lowest BCUT2D eigenvalue weighted by molar-refractivity contribution is -0.137. The summed E-state index contributed by atoms with van der Waals surface area (Å²) in [6, 6.07) is 5.46. The van der Waals surface area contributed by atoms with Gasteiger partial charge in [0.2, 0.25) is 0 Å². The smallest absolute Gasteiger partial charge is 0.372 e. The maximum absolute atomic E-state index is 12.4. The summed E-state index contributed by atoms with van der Waals surface area (Å²) < 4.78 is 37.2. The Hall–Kier alpha value is -1.13. The molecule has 1 aliphatic heterocycles. The molecule has 1 unspecified atom stereocenters. The van der Waals surface area contributed by atoms with Gasteiger partial charge in [-0.1, -0.05) is 12.2 Å². The van der Waals surface area contributed by atoms with E-state index in [0.717, 1.165) is 37.3 Å². The zero-order chi connectivity index (χ0) is 12.5. The molecule has 0 radical (unpaired) electrons. The van der Waals surface area contributed by atoms with Gasteiger partial charge < -0.3 is 4.90 Å². The van der Waals surface area contributed by atoms with Gasteiger partial charge in [-0.3, -0.25) is 0 Å². The summed E-state index contributed by atoms with van der Waals surface area (Å²) >= 11 is 0. The zero-order valence-electron chi connectivity index (χ0n) is 9.80. The van der Waals surface area contributed by atoms with Crippen molar-refractivity contribution in [2.24, 2.45) is 0 Å². The lowest BCUT2D eigenvalue weighted by Crippen LogP contribution is -2.32. The van der Waals surface area contributed by atoms with Gasteiger partial charge in [0, 0.05) is 18.8 Å². The molecule has 1 fully saturated rings. The van der Waals surface area contributed by atoms with Crippen LogP contribution in [0.1, 0.15) is 18.4 Å². The Morgan fingerprint density at radius 1 is 1.18 bits per heavy atom. The standard InChI is InChI=1S/C12H15BF3N/c13-10-2-1-7-17(8-10)11-5-3-9(4-6-11)12(14,15)16/h3-6,10H,1-2,7-8,13H2. The van der Waals surface area contributed by atoms with Gasteiger partial charge in [0.25, 0.3) is 0 Å². The predicted octanol–water partition coefficient (Wildman–Crippen LogP) is 2.73. The van der Waals surface area contributed by atoms with Gasteiger partial charge in [-0.05, 0) is 30.7 Å². The Bertz CT molecular complexity index is 374. The highest BCUT2D eigenvalue weighted by Crippen LogP contribution is 2.31. The largest absolute Gasteiger partial charge is 0.416 e. The Morgan fingerprint density at radius 2 is 1.82 bits per heavy atom. The number of alkyl halides is 3. The number of hydrogen-bond acceptors (Lipinski definition) is 1. The van der Waals surface area contributed by atoms with Crippen molar-refractivity contribution in [3.63, 3.8) is 0 Å². The third kappa shape index (κ3) is 2.96. The molecular weight excluding hydrogens is 226 g/mol. The summed E-state index contributed by atoms with van der Waals surface area (Å²) in [7, 11) is 2.18. The van der Waals surface area contributed by atoms with Crippen molar-refractivity contribution < 1.29 is 13.2 Å². The van der Waals surface area contributed by atoms with Crippen LogP contribution in [0, 0.1) is 0 Å². The molecule has 17 heavy (non-hydrogen) atoms. The van der Waals surface area contributed by atoms with Gasteiger partial charge >= 0.3 is 6.18 Å². The molecule has 1 heterocycles. The van der Waals surface area contributed by atoms with Crippen LogP contribution in [0.3, 0.4) is 0 Å². The first-order valence-corrected chi connectivity index (χ1v) is 5.89. The molecule has 5 heteroatoms. The first kappa shape index (κ1) is 12.3. The second-order valence-corrected chi connectivity index (χ2v) is 4.74. The summed E-state index contributed by atoms with van der Waals surface area (Å²) in [4.78, 5) is 2.16. The number of rotatable bonds is 1. The lowest BCUT2D eigenvalue weighted by Gasteiger charge is -2.33. The fourth-order valence-corrected chi connectivity index (χ4v) is 2.29. The molecule has 0 bridgehead atoms. The summed E-state index contributed by atoms with van der Waals surface area (Å²) in [5, 5.41) is 0. The predicted molar refractivity (Wildman–Crippen MR) is 65.2 cm³/mol. The van der Waals surface area contributed by atoms with Gasteiger partial charge in [0.1, 0.15) is 7.85 Å². The van der Waals surface area contributed by atoms with Crippen molar-refractivity contribution >= 4 is 13.5 Å². The normalized spacial score (nSPS) is 21.6. The average Bonchev–Trinajstić information content (AvgIpc) is 2.28. The van der Waals surface area contributed by atoms with Crippen molar-refractivity contribution in [1.29, 1.82) is 0 Å². The van der Waals surface area contributed by atoms with Crippen molar-refractivity contribution in [2.75, 3.05) is 18.0 Å². The molecule has 1 atom stereocenters. The number of piperidine rings is 1. The van der Waals surface area contributed by atoms with E-state index in [4.69, 9.17) is 0 Å². The third-order valence-electron chi connectivity index (χ3n) is 3.22. The van der Waals surface area contributed by atoms with Crippen LogP contribution >= 0.6 is 0 Å². The maximum atomic E-state index is 12.4. The highest BCUT2D eigenvalue weighted by molar-refractivity contribution is 6.12. The van der Waals surface area contributed by atoms with E-state index in [1.807, 2.05) is 0 Å². The number of hydrogen-bond donors (Lipinski definition) is 0. The number of nitrogens with zero attached hydrogens (tertiary/aromatic N) is 1. The zero-order valence-corrected chi connectivity index (χ0v) is 9.80. The molecule has 1 saturated heterocycles. The van der Waals surface area contributed by atoms with Crippen LogP contribution in [0.2, 0.25) is 5.82 Å². The minimum Gasteiger partial charge on any atom is -0.372 e. The van der Waals surface area contributed by atoms with Gasteiger partial charge in [0.15, 0.2) is 0 Å². The monoisotopic (exact) mass is 241 g/mol. The Balaban J connectivity index is 2.12. The van der Waals surface area contributed by atoms with E-state index >= 15 is 0 Å². The molecule has 2 rings (SSSR count). The van der Waals surface area contributed by atoms with E-state index in [9.17, 15) is 13.2 Å². The Labute approximate surface area is 100 Å². The number of anilines is 1.